The van der Waals surface area contributed by atoms with Crippen LogP contribution in [0.4, 0.5) is 0 Å². The van der Waals surface area contributed by atoms with Crippen molar-refractivity contribution in [2.75, 3.05) is 0 Å². The number of hydrogen-bond acceptors (Lipinski definition) is 0. The largest absolute Gasteiger partial charge is 0.0845 e. The van der Waals surface area contributed by atoms with Crippen molar-refractivity contribution in [2.45, 2.75) is 32.6 Å². The van der Waals surface area contributed by atoms with Crippen LogP contribution in [0.1, 0.15) is 32.6 Å². The van der Waals surface area contributed by atoms with Gasteiger partial charge in [0.2, 0.25) is 0 Å². The fourth-order valence-electron chi connectivity index (χ4n) is 1.33. The Balaban J connectivity index is 3.66. The van der Waals surface area contributed by atoms with Gasteiger partial charge in [-0.25, -0.2) is 0 Å². The molecule has 0 aromatic heterocycles. The van der Waals surface area contributed by atoms with E-state index >= 15 is 0 Å². The van der Waals surface area contributed by atoms with Crippen LogP contribution < -0.4 is 0 Å². The number of allylic oxidation sites excluding steroid dienone is 13. The second-order valence-electron chi connectivity index (χ2n) is 4.04. The van der Waals surface area contributed by atoms with Crippen molar-refractivity contribution in [3.8, 4) is 0 Å². The summed E-state index contributed by atoms with van der Waals surface area (Å²) < 4.78 is 0. The predicted octanol–water partition coefficient (Wildman–Crippen LogP) is 5.89. The van der Waals surface area contributed by atoms with E-state index < -0.39 is 0 Å². The minimum atomic E-state index is 1.18. The van der Waals surface area contributed by atoms with Crippen LogP contribution in [0.3, 0.4) is 0 Å². The lowest BCUT2D eigenvalue weighted by Gasteiger charge is -1.89. The summed E-state index contributed by atoms with van der Waals surface area (Å²) in [6, 6.07) is 0. The van der Waals surface area contributed by atoms with E-state index in [1.807, 2.05) is 48.6 Å². The fraction of sp³-hybridized carbons (Fsp3) is 0.263. The second kappa shape index (κ2) is 16.2. The van der Waals surface area contributed by atoms with Crippen molar-refractivity contribution in [3.05, 3.63) is 85.6 Å². The third kappa shape index (κ3) is 16.2. The van der Waals surface area contributed by atoms with E-state index in [0.29, 0.717) is 0 Å². The van der Waals surface area contributed by atoms with Crippen LogP contribution in [0, 0.1) is 6.58 Å². The Kier molecular flexibility index (Phi) is 14.6. The van der Waals surface area contributed by atoms with Gasteiger partial charge in [0.25, 0.3) is 0 Å². The molecule has 0 saturated carbocycles. The highest BCUT2D eigenvalue weighted by atomic mass is 13.9. The van der Waals surface area contributed by atoms with Gasteiger partial charge in [-0.15, -0.1) is 0 Å². The first-order valence-electron chi connectivity index (χ1n) is 6.95. The van der Waals surface area contributed by atoms with Crippen molar-refractivity contribution in [1.29, 1.82) is 0 Å². The van der Waals surface area contributed by atoms with Gasteiger partial charge < -0.3 is 0 Å². The number of unbranched alkanes of at least 4 members (excludes halogenated alkanes) is 3. The van der Waals surface area contributed by atoms with Crippen LogP contribution in [0.2, 0.25) is 0 Å². The second-order valence-corrected chi connectivity index (χ2v) is 4.04. The van der Waals surface area contributed by atoms with Gasteiger partial charge in [-0.3, -0.25) is 0 Å². The summed E-state index contributed by atoms with van der Waals surface area (Å²) in [7, 11) is 0. The number of rotatable bonds is 10. The van der Waals surface area contributed by atoms with Gasteiger partial charge in [-0.1, -0.05) is 105 Å². The van der Waals surface area contributed by atoms with Gasteiger partial charge in [0.15, 0.2) is 0 Å². The lowest BCUT2D eigenvalue weighted by Crippen LogP contribution is -1.69. The first kappa shape index (κ1) is 17.2. The van der Waals surface area contributed by atoms with Crippen molar-refractivity contribution in [1.82, 2.24) is 0 Å². The zero-order valence-corrected chi connectivity index (χ0v) is 11.9. The molecule has 0 aliphatic carbocycles. The van der Waals surface area contributed by atoms with Gasteiger partial charge in [0.05, 0.1) is 0 Å². The first-order valence-corrected chi connectivity index (χ1v) is 6.95. The molecule has 0 unspecified atom stereocenters. The van der Waals surface area contributed by atoms with E-state index in [0.717, 1.165) is 0 Å². The molecule has 0 aromatic carbocycles. The molecule has 0 rings (SSSR count). The summed E-state index contributed by atoms with van der Waals surface area (Å²) in [5, 5.41) is 0. The summed E-state index contributed by atoms with van der Waals surface area (Å²) in [6.45, 7) is 7.42. The summed E-state index contributed by atoms with van der Waals surface area (Å²) in [5.74, 6) is 0. The quantitative estimate of drug-likeness (QED) is 0.336. The Labute approximate surface area is 118 Å². The normalized spacial score (nSPS) is 13.3. The smallest absolute Gasteiger partial charge is 0.0348 e. The molecule has 0 aliphatic rings. The maximum absolute atomic E-state index is 5.19. The molecule has 1 radical (unpaired) electrons. The monoisotopic (exact) mass is 253 g/mol. The van der Waals surface area contributed by atoms with Crippen molar-refractivity contribution in [3.63, 3.8) is 0 Å². The van der Waals surface area contributed by atoms with Crippen molar-refractivity contribution < 1.29 is 0 Å². The summed E-state index contributed by atoms with van der Waals surface area (Å²) >= 11 is 0. The highest BCUT2D eigenvalue weighted by molar-refractivity contribution is 5.20. The molecule has 0 aliphatic heterocycles. The molecule has 0 saturated heterocycles. The van der Waals surface area contributed by atoms with E-state index in [1.165, 1.54) is 31.8 Å². The number of hydrogen-bond donors (Lipinski definition) is 0. The minimum Gasteiger partial charge on any atom is -0.0845 e. The SMILES string of the molecule is [CH]=CC=CC=CC=CC=CC=CC=CCCCCC. The molecule has 0 N–H and O–H groups in total. The molecule has 0 bridgehead atoms. The van der Waals surface area contributed by atoms with Gasteiger partial charge in [0, 0.05) is 0 Å². The van der Waals surface area contributed by atoms with E-state index in [9.17, 15) is 0 Å². The summed E-state index contributed by atoms with van der Waals surface area (Å²) in [5.41, 5.74) is 0. The van der Waals surface area contributed by atoms with Crippen LogP contribution in [0.15, 0.2) is 79.0 Å². The molecular formula is C19H25. The third-order valence-electron chi connectivity index (χ3n) is 2.33. The zero-order valence-electron chi connectivity index (χ0n) is 11.9. The minimum absolute atomic E-state index is 1.18. The first-order chi connectivity index (χ1) is 9.41. The predicted molar refractivity (Wildman–Crippen MR) is 87.9 cm³/mol. The third-order valence-corrected chi connectivity index (χ3v) is 2.33. The molecule has 0 aromatic rings. The van der Waals surface area contributed by atoms with E-state index in [2.05, 4.69) is 25.2 Å². The molecular weight excluding hydrogens is 228 g/mol. The fourth-order valence-corrected chi connectivity index (χ4v) is 1.33. The summed E-state index contributed by atoms with van der Waals surface area (Å²) in [4.78, 5) is 0. The Morgan fingerprint density at radius 3 is 1.58 bits per heavy atom. The summed E-state index contributed by atoms with van der Waals surface area (Å²) in [6.07, 6.45) is 30.6. The molecule has 101 valence electrons. The lowest BCUT2D eigenvalue weighted by molar-refractivity contribution is 0.729. The van der Waals surface area contributed by atoms with E-state index in [-0.39, 0.29) is 0 Å². The highest BCUT2D eigenvalue weighted by Gasteiger charge is 1.79. The van der Waals surface area contributed by atoms with Crippen molar-refractivity contribution >= 4 is 0 Å². The zero-order chi connectivity index (χ0) is 14.0. The molecule has 19 heavy (non-hydrogen) atoms. The maximum Gasteiger partial charge on any atom is -0.0348 e. The van der Waals surface area contributed by atoms with E-state index in [1.54, 1.807) is 6.08 Å². The van der Waals surface area contributed by atoms with Crippen molar-refractivity contribution in [2.24, 2.45) is 0 Å². The average molecular weight is 253 g/mol. The molecule has 0 atom stereocenters. The Hall–Kier alpha value is -1.82. The standard InChI is InChI=1S/C19H25/c1-3-5-7-9-11-13-15-17-19-18-16-14-12-10-8-6-4-2/h1,3,5,7,9,11-19H,4,6,8,10H2,2H3. The molecule has 0 nitrogen and oxygen atoms in total. The average Bonchev–Trinajstić information content (AvgIpc) is 2.43. The lowest BCUT2D eigenvalue weighted by atomic mass is 10.2. The maximum atomic E-state index is 5.19. The molecule has 0 fully saturated rings. The van der Waals surface area contributed by atoms with Crippen LogP contribution in [0.25, 0.3) is 0 Å². The van der Waals surface area contributed by atoms with Crippen LogP contribution in [-0.4, -0.2) is 0 Å². The van der Waals surface area contributed by atoms with Gasteiger partial charge in [-0.2, -0.15) is 0 Å². The van der Waals surface area contributed by atoms with Crippen LogP contribution in [-0.2, 0) is 0 Å². The van der Waals surface area contributed by atoms with Gasteiger partial charge >= 0.3 is 0 Å². The molecule has 0 heterocycles. The van der Waals surface area contributed by atoms with E-state index in [4.69, 9.17) is 6.58 Å². The Bertz CT molecular complexity index is 359. The topological polar surface area (TPSA) is 0 Å². The van der Waals surface area contributed by atoms with Gasteiger partial charge in [0.1, 0.15) is 0 Å². The van der Waals surface area contributed by atoms with Crippen LogP contribution in [0.5, 0.6) is 0 Å². The van der Waals surface area contributed by atoms with Gasteiger partial charge in [-0.05, 0) is 12.8 Å². The Morgan fingerprint density at radius 1 is 0.632 bits per heavy atom. The Morgan fingerprint density at radius 2 is 1.11 bits per heavy atom. The highest BCUT2D eigenvalue weighted by Crippen LogP contribution is 1.99. The van der Waals surface area contributed by atoms with Crippen LogP contribution >= 0.6 is 0 Å². The molecule has 0 amide bonds. The molecule has 0 spiro atoms. The molecule has 0 heteroatoms.